The van der Waals surface area contributed by atoms with Gasteiger partial charge in [0.05, 0.1) is 5.75 Å². The van der Waals surface area contributed by atoms with E-state index in [4.69, 9.17) is 17.2 Å². The molecule has 6 nitrogen and oxygen atoms in total. The van der Waals surface area contributed by atoms with Crippen LogP contribution in [0.3, 0.4) is 0 Å². The molecule has 2 aromatic carbocycles. The van der Waals surface area contributed by atoms with Gasteiger partial charge in [-0.2, -0.15) is 0 Å². The van der Waals surface area contributed by atoms with E-state index in [-0.39, 0.29) is 17.2 Å². The molecule has 0 spiro atoms. The van der Waals surface area contributed by atoms with Gasteiger partial charge >= 0.3 is 0 Å². The average molecular weight is 483 g/mol. The van der Waals surface area contributed by atoms with Gasteiger partial charge in [-0.05, 0) is 49.3 Å². The highest BCUT2D eigenvalue weighted by Crippen LogP contribution is 2.26. The van der Waals surface area contributed by atoms with Gasteiger partial charge in [-0.3, -0.25) is 18.7 Å². The maximum absolute atomic E-state index is 13.0. The number of benzene rings is 2. The standard InChI is InChI=1S/C23H22N4O2S3/c1-4-15-7-5-6-8-17(15)24-18(28)13-31-22-25-20-19(21(29)26(22)3)32-23(30)27(20)16-11-9-14(2)10-12-16/h5-12H,4,13H2,1-3H3,(H,24,28). The summed E-state index contributed by atoms with van der Waals surface area (Å²) in [6.45, 7) is 4.06. The van der Waals surface area contributed by atoms with Crippen LogP contribution in [0.2, 0.25) is 0 Å². The molecule has 9 heteroatoms. The third-order valence-electron chi connectivity index (χ3n) is 5.07. The van der Waals surface area contributed by atoms with Gasteiger partial charge in [-0.1, -0.05) is 65.9 Å². The van der Waals surface area contributed by atoms with Gasteiger partial charge in [0.25, 0.3) is 5.56 Å². The molecule has 2 heterocycles. The SMILES string of the molecule is CCc1ccccc1NC(=O)CSc1nc2c(sc(=S)n2-c2ccc(C)cc2)c(=O)n1C. The molecule has 0 fully saturated rings. The van der Waals surface area contributed by atoms with Gasteiger partial charge in [-0.25, -0.2) is 4.98 Å². The quantitative estimate of drug-likeness (QED) is 0.235. The molecule has 0 saturated heterocycles. The Morgan fingerprint density at radius 3 is 2.62 bits per heavy atom. The van der Waals surface area contributed by atoms with Crippen LogP contribution in [0.4, 0.5) is 5.69 Å². The molecule has 32 heavy (non-hydrogen) atoms. The molecule has 0 aliphatic heterocycles. The van der Waals surface area contributed by atoms with Crippen LogP contribution in [0.25, 0.3) is 16.0 Å². The summed E-state index contributed by atoms with van der Waals surface area (Å²) in [5.74, 6) is -0.00915. The summed E-state index contributed by atoms with van der Waals surface area (Å²) in [7, 11) is 1.67. The van der Waals surface area contributed by atoms with Gasteiger partial charge in [0.1, 0.15) is 4.70 Å². The molecular formula is C23H22N4O2S3. The van der Waals surface area contributed by atoms with Crippen molar-refractivity contribution in [2.75, 3.05) is 11.1 Å². The summed E-state index contributed by atoms with van der Waals surface area (Å²) in [5.41, 5.74) is 4.23. The van der Waals surface area contributed by atoms with Crippen LogP contribution in [0.15, 0.2) is 58.5 Å². The first-order chi connectivity index (χ1) is 15.4. The highest BCUT2D eigenvalue weighted by atomic mass is 32.2. The number of carbonyl (C=O) groups excluding carboxylic acids is 1. The van der Waals surface area contributed by atoms with Crippen LogP contribution >= 0.6 is 35.3 Å². The van der Waals surface area contributed by atoms with Gasteiger partial charge in [-0.15, -0.1) is 0 Å². The lowest BCUT2D eigenvalue weighted by molar-refractivity contribution is -0.113. The first-order valence-electron chi connectivity index (χ1n) is 10.1. The zero-order valence-corrected chi connectivity index (χ0v) is 20.4. The van der Waals surface area contributed by atoms with Gasteiger partial charge in [0.2, 0.25) is 5.91 Å². The Labute approximate surface area is 198 Å². The molecular weight excluding hydrogens is 460 g/mol. The molecule has 0 radical (unpaired) electrons. The maximum atomic E-state index is 13.0. The van der Waals surface area contributed by atoms with Crippen molar-refractivity contribution in [2.24, 2.45) is 7.05 Å². The Morgan fingerprint density at radius 1 is 1.19 bits per heavy atom. The molecule has 2 aromatic heterocycles. The lowest BCUT2D eigenvalue weighted by atomic mass is 10.1. The summed E-state index contributed by atoms with van der Waals surface area (Å²) >= 11 is 8.02. The smallest absolute Gasteiger partial charge is 0.273 e. The Balaban J connectivity index is 1.64. The fourth-order valence-electron chi connectivity index (χ4n) is 3.33. The van der Waals surface area contributed by atoms with Crippen LogP contribution in [-0.4, -0.2) is 25.8 Å². The Bertz CT molecular complexity index is 1420. The second-order valence-corrected chi connectivity index (χ2v) is 9.88. The fraction of sp³-hybridized carbons (Fsp3) is 0.217. The minimum absolute atomic E-state index is 0.138. The number of nitrogens with one attached hydrogen (secondary N) is 1. The molecule has 0 unspecified atom stereocenters. The number of nitrogens with zero attached hydrogens (tertiary/aromatic N) is 3. The number of fused-ring (bicyclic) bond motifs is 1. The molecule has 164 valence electrons. The van der Waals surface area contributed by atoms with Crippen molar-refractivity contribution in [3.8, 4) is 5.69 Å². The Hall–Kier alpha value is -2.75. The number of aromatic nitrogens is 3. The zero-order valence-electron chi connectivity index (χ0n) is 17.9. The second kappa shape index (κ2) is 9.40. The number of aryl methyl sites for hydroxylation is 2. The van der Waals surface area contributed by atoms with Crippen molar-refractivity contribution in [2.45, 2.75) is 25.4 Å². The molecule has 0 atom stereocenters. The van der Waals surface area contributed by atoms with Gasteiger partial charge in [0, 0.05) is 18.4 Å². The van der Waals surface area contributed by atoms with Crippen molar-refractivity contribution in [3.05, 3.63) is 74.0 Å². The Morgan fingerprint density at radius 2 is 1.91 bits per heavy atom. The minimum atomic E-state index is -0.170. The lowest BCUT2D eigenvalue weighted by Gasteiger charge is -2.11. The third kappa shape index (κ3) is 4.41. The third-order valence-corrected chi connectivity index (χ3v) is 7.45. The first-order valence-corrected chi connectivity index (χ1v) is 12.3. The molecule has 0 saturated carbocycles. The van der Waals surface area contributed by atoms with Crippen molar-refractivity contribution in [3.63, 3.8) is 0 Å². The van der Waals surface area contributed by atoms with Gasteiger partial charge < -0.3 is 5.32 Å². The van der Waals surface area contributed by atoms with Gasteiger partial charge in [0.15, 0.2) is 14.8 Å². The first kappa shape index (κ1) is 22.4. The predicted octanol–water partition coefficient (Wildman–Crippen LogP) is 5.12. The number of thioether (sulfide) groups is 1. The van der Waals surface area contributed by atoms with Crippen molar-refractivity contribution in [1.82, 2.24) is 14.1 Å². The van der Waals surface area contributed by atoms with E-state index in [2.05, 4.69) is 5.32 Å². The number of anilines is 1. The fourth-order valence-corrected chi connectivity index (χ4v) is 5.44. The van der Waals surface area contributed by atoms with E-state index in [0.717, 1.165) is 28.9 Å². The van der Waals surface area contributed by atoms with E-state index in [1.165, 1.54) is 27.7 Å². The minimum Gasteiger partial charge on any atom is -0.325 e. The number of carbonyl (C=O) groups is 1. The topological polar surface area (TPSA) is 68.9 Å². The summed E-state index contributed by atoms with van der Waals surface area (Å²) in [5, 5.41) is 3.42. The predicted molar refractivity (Wildman–Crippen MR) is 135 cm³/mol. The van der Waals surface area contributed by atoms with Crippen molar-refractivity contribution in [1.29, 1.82) is 0 Å². The van der Waals surface area contributed by atoms with Crippen LogP contribution < -0.4 is 10.9 Å². The molecule has 1 amide bonds. The highest BCUT2D eigenvalue weighted by Gasteiger charge is 2.17. The number of para-hydroxylation sites is 1. The lowest BCUT2D eigenvalue weighted by Crippen LogP contribution is -2.21. The highest BCUT2D eigenvalue weighted by molar-refractivity contribution is 7.99. The van der Waals surface area contributed by atoms with E-state index in [1.54, 1.807) is 7.05 Å². The monoisotopic (exact) mass is 482 g/mol. The molecule has 0 aliphatic carbocycles. The van der Waals surface area contributed by atoms with Crippen LogP contribution in [0.1, 0.15) is 18.1 Å². The van der Waals surface area contributed by atoms with Crippen LogP contribution in [0.5, 0.6) is 0 Å². The number of hydrogen-bond donors (Lipinski definition) is 1. The van der Waals surface area contributed by atoms with Crippen LogP contribution in [-0.2, 0) is 18.3 Å². The molecule has 4 rings (SSSR count). The number of rotatable bonds is 6. The molecule has 0 bridgehead atoms. The maximum Gasteiger partial charge on any atom is 0.273 e. The van der Waals surface area contributed by atoms with E-state index in [1.807, 2.05) is 66.9 Å². The van der Waals surface area contributed by atoms with Crippen molar-refractivity contribution < 1.29 is 4.79 Å². The number of thiazole rings is 1. The normalized spacial score (nSPS) is 11.1. The number of hydrogen-bond acceptors (Lipinski definition) is 6. The number of amides is 1. The van der Waals surface area contributed by atoms with E-state index < -0.39 is 0 Å². The van der Waals surface area contributed by atoms with E-state index >= 15 is 0 Å². The summed E-state index contributed by atoms with van der Waals surface area (Å²) in [6.07, 6.45) is 0.830. The molecule has 4 aromatic rings. The summed E-state index contributed by atoms with van der Waals surface area (Å²) in [6, 6.07) is 15.6. The average Bonchev–Trinajstić information content (AvgIpc) is 3.12. The summed E-state index contributed by atoms with van der Waals surface area (Å²) < 4.78 is 4.36. The van der Waals surface area contributed by atoms with Crippen molar-refractivity contribution >= 4 is 57.3 Å². The molecule has 0 aliphatic rings. The molecule has 1 N–H and O–H groups in total. The zero-order chi connectivity index (χ0) is 22.8. The Kier molecular flexibility index (Phi) is 6.59. The van der Waals surface area contributed by atoms with E-state index in [9.17, 15) is 9.59 Å². The van der Waals surface area contributed by atoms with Crippen LogP contribution in [0, 0.1) is 10.9 Å². The van der Waals surface area contributed by atoms with E-state index in [0.29, 0.717) is 19.5 Å². The largest absolute Gasteiger partial charge is 0.325 e. The second-order valence-electron chi connectivity index (χ2n) is 7.30. The summed E-state index contributed by atoms with van der Waals surface area (Å²) in [4.78, 5) is 30.3.